The second kappa shape index (κ2) is 6.47. The topological polar surface area (TPSA) is 81.5 Å². The molecule has 1 N–H and O–H groups in total. The largest absolute Gasteiger partial charge is 0.459 e. The summed E-state index contributed by atoms with van der Waals surface area (Å²) < 4.78 is 5.32. The van der Waals surface area contributed by atoms with E-state index in [2.05, 4.69) is 5.32 Å². The summed E-state index contributed by atoms with van der Waals surface area (Å²) in [6, 6.07) is 5.67. The molecule has 110 valence electrons. The van der Waals surface area contributed by atoms with Crippen LogP contribution in [0.15, 0.2) is 24.3 Å². The number of hydrogen-bond acceptors (Lipinski definition) is 5. The van der Waals surface area contributed by atoms with E-state index in [1.807, 2.05) is 20.8 Å². The lowest BCUT2D eigenvalue weighted by molar-refractivity contribution is -0.384. The Kier molecular flexibility index (Phi) is 5.21. The van der Waals surface area contributed by atoms with Crippen LogP contribution in [0.5, 0.6) is 0 Å². The zero-order valence-electron chi connectivity index (χ0n) is 12.2. The quantitative estimate of drug-likeness (QED) is 0.507. The van der Waals surface area contributed by atoms with Gasteiger partial charge in [0.05, 0.1) is 4.92 Å². The van der Waals surface area contributed by atoms with Gasteiger partial charge in [-0.25, -0.2) is 0 Å². The first-order chi connectivity index (χ1) is 9.23. The van der Waals surface area contributed by atoms with Gasteiger partial charge in [0.2, 0.25) is 0 Å². The minimum Gasteiger partial charge on any atom is -0.459 e. The normalized spacial score (nSPS) is 12.8. The molecular formula is C14H20N2O4. The van der Waals surface area contributed by atoms with Gasteiger partial charge in [0.25, 0.3) is 5.69 Å². The molecule has 0 saturated carbocycles. The van der Waals surface area contributed by atoms with Gasteiger partial charge in [-0.1, -0.05) is 12.1 Å². The molecule has 1 aromatic carbocycles. The van der Waals surface area contributed by atoms with Crippen molar-refractivity contribution in [2.45, 2.75) is 38.8 Å². The van der Waals surface area contributed by atoms with Gasteiger partial charge in [-0.05, 0) is 39.8 Å². The molecule has 0 radical (unpaired) electrons. The molecule has 0 fully saturated rings. The highest BCUT2D eigenvalue weighted by Gasteiger charge is 2.24. The minimum absolute atomic E-state index is 0.0343. The van der Waals surface area contributed by atoms with E-state index in [9.17, 15) is 14.9 Å². The summed E-state index contributed by atoms with van der Waals surface area (Å²) in [6.45, 7) is 5.43. The number of ether oxygens (including phenoxy) is 1. The number of non-ortho nitro benzene ring substituents is 1. The highest BCUT2D eigenvalue weighted by Crippen LogP contribution is 2.15. The number of carbonyl (C=O) groups excluding carboxylic acids is 1. The summed E-state index contributed by atoms with van der Waals surface area (Å²) in [5.74, 6) is -0.335. The number of nitrogens with zero attached hydrogens (tertiary/aromatic N) is 1. The molecule has 0 unspecified atom stereocenters. The summed E-state index contributed by atoms with van der Waals surface area (Å²) in [5, 5.41) is 13.5. The zero-order valence-corrected chi connectivity index (χ0v) is 12.2. The van der Waals surface area contributed by atoms with Crippen molar-refractivity contribution in [1.29, 1.82) is 0 Å². The van der Waals surface area contributed by atoms with Gasteiger partial charge in [-0.15, -0.1) is 0 Å². The lowest BCUT2D eigenvalue weighted by Gasteiger charge is -2.23. The molecule has 0 spiro atoms. The van der Waals surface area contributed by atoms with E-state index >= 15 is 0 Å². The van der Waals surface area contributed by atoms with E-state index in [1.165, 1.54) is 12.1 Å². The number of esters is 1. The van der Waals surface area contributed by atoms with Crippen LogP contribution in [-0.2, 0) is 16.0 Å². The molecule has 1 atom stereocenters. The average Bonchev–Trinajstić information content (AvgIpc) is 2.34. The summed E-state index contributed by atoms with van der Waals surface area (Å²) >= 11 is 0. The molecule has 0 amide bonds. The van der Waals surface area contributed by atoms with Crippen molar-refractivity contribution in [3.8, 4) is 0 Å². The number of likely N-dealkylation sites (N-methyl/N-ethyl adjacent to an activating group) is 1. The smallest absolute Gasteiger partial charge is 0.323 e. The minimum atomic E-state index is -0.540. The van der Waals surface area contributed by atoms with Crippen LogP contribution in [0.25, 0.3) is 0 Å². The van der Waals surface area contributed by atoms with Crippen molar-refractivity contribution in [3.63, 3.8) is 0 Å². The highest BCUT2D eigenvalue weighted by atomic mass is 16.6. The van der Waals surface area contributed by atoms with Crippen LogP contribution in [0.4, 0.5) is 5.69 Å². The monoisotopic (exact) mass is 280 g/mol. The number of nitrogens with one attached hydrogen (secondary N) is 1. The maximum Gasteiger partial charge on any atom is 0.323 e. The molecule has 0 heterocycles. The van der Waals surface area contributed by atoms with Crippen molar-refractivity contribution in [2.24, 2.45) is 0 Å². The van der Waals surface area contributed by atoms with Crippen LogP contribution < -0.4 is 5.32 Å². The predicted molar refractivity (Wildman–Crippen MR) is 75.5 cm³/mol. The molecule has 0 aromatic heterocycles. The first kappa shape index (κ1) is 16.1. The van der Waals surface area contributed by atoms with Crippen LogP contribution in [0.1, 0.15) is 26.3 Å². The maximum atomic E-state index is 12.0. The standard InChI is InChI=1S/C14H20N2O4/c1-14(2,3)20-13(17)12(15-4)9-10-5-7-11(8-6-10)16(18)19/h5-8,12,15H,9H2,1-4H3/t12-/m0/s1. The Labute approximate surface area is 118 Å². The van der Waals surface area contributed by atoms with Gasteiger partial charge >= 0.3 is 5.97 Å². The number of carbonyl (C=O) groups is 1. The molecule has 0 saturated heterocycles. The Balaban J connectivity index is 2.73. The second-order valence-electron chi connectivity index (χ2n) is 5.50. The Bertz CT molecular complexity index is 477. The lowest BCUT2D eigenvalue weighted by atomic mass is 10.1. The van der Waals surface area contributed by atoms with Crippen LogP contribution in [0.3, 0.4) is 0 Å². The molecule has 6 nitrogen and oxygen atoms in total. The fourth-order valence-electron chi connectivity index (χ4n) is 1.67. The number of rotatable bonds is 5. The number of nitro benzene ring substituents is 1. The van der Waals surface area contributed by atoms with E-state index in [0.717, 1.165) is 5.56 Å². The fourth-order valence-corrected chi connectivity index (χ4v) is 1.67. The van der Waals surface area contributed by atoms with Gasteiger partial charge in [0.1, 0.15) is 11.6 Å². The van der Waals surface area contributed by atoms with Crippen molar-refractivity contribution in [3.05, 3.63) is 39.9 Å². The van der Waals surface area contributed by atoms with Gasteiger partial charge in [-0.2, -0.15) is 0 Å². The Morgan fingerprint density at radius 1 is 1.35 bits per heavy atom. The summed E-state index contributed by atoms with van der Waals surface area (Å²) in [5.41, 5.74) is 0.328. The van der Waals surface area contributed by atoms with Gasteiger partial charge in [0.15, 0.2) is 0 Å². The average molecular weight is 280 g/mol. The number of hydrogen-bond donors (Lipinski definition) is 1. The molecule has 1 aromatic rings. The van der Waals surface area contributed by atoms with E-state index in [4.69, 9.17) is 4.74 Å². The number of nitro groups is 1. The summed E-state index contributed by atoms with van der Waals surface area (Å²) in [6.07, 6.45) is 0.420. The first-order valence-electron chi connectivity index (χ1n) is 6.36. The van der Waals surface area contributed by atoms with Crippen molar-refractivity contribution in [2.75, 3.05) is 7.05 Å². The van der Waals surface area contributed by atoms with Crippen LogP contribution in [-0.4, -0.2) is 29.6 Å². The maximum absolute atomic E-state index is 12.0. The van der Waals surface area contributed by atoms with Crippen LogP contribution in [0.2, 0.25) is 0 Å². The van der Waals surface area contributed by atoms with E-state index in [-0.39, 0.29) is 11.7 Å². The van der Waals surface area contributed by atoms with E-state index in [1.54, 1.807) is 19.2 Å². The van der Waals surface area contributed by atoms with Gasteiger partial charge in [-0.3, -0.25) is 14.9 Å². The zero-order chi connectivity index (χ0) is 15.3. The van der Waals surface area contributed by atoms with E-state index in [0.29, 0.717) is 6.42 Å². The molecule has 20 heavy (non-hydrogen) atoms. The van der Waals surface area contributed by atoms with Crippen LogP contribution >= 0.6 is 0 Å². The Hall–Kier alpha value is -1.95. The lowest BCUT2D eigenvalue weighted by Crippen LogP contribution is -2.41. The third kappa shape index (κ3) is 4.97. The molecule has 0 aliphatic carbocycles. The molecule has 1 rings (SSSR count). The summed E-state index contributed by atoms with van der Waals surface area (Å²) in [7, 11) is 1.68. The predicted octanol–water partition coefficient (Wildman–Crippen LogP) is 2.07. The van der Waals surface area contributed by atoms with Crippen molar-refractivity contribution in [1.82, 2.24) is 5.32 Å². The molecular weight excluding hydrogens is 260 g/mol. The third-order valence-corrected chi connectivity index (χ3v) is 2.63. The summed E-state index contributed by atoms with van der Waals surface area (Å²) in [4.78, 5) is 22.1. The Morgan fingerprint density at radius 3 is 2.30 bits per heavy atom. The van der Waals surface area contributed by atoms with Crippen LogP contribution in [0, 0.1) is 10.1 Å². The van der Waals surface area contributed by atoms with Gasteiger partial charge < -0.3 is 10.1 Å². The molecule has 0 aliphatic heterocycles. The van der Waals surface area contributed by atoms with Gasteiger partial charge in [0, 0.05) is 12.1 Å². The Morgan fingerprint density at radius 2 is 1.90 bits per heavy atom. The first-order valence-corrected chi connectivity index (χ1v) is 6.36. The number of benzene rings is 1. The molecule has 6 heteroatoms. The molecule has 0 bridgehead atoms. The second-order valence-corrected chi connectivity index (χ2v) is 5.50. The van der Waals surface area contributed by atoms with E-state index < -0.39 is 16.6 Å². The third-order valence-electron chi connectivity index (χ3n) is 2.63. The SMILES string of the molecule is CN[C@@H](Cc1ccc([N+](=O)[O-])cc1)C(=O)OC(C)(C)C. The van der Waals surface area contributed by atoms with Crippen molar-refractivity contribution >= 4 is 11.7 Å². The van der Waals surface area contributed by atoms with Crippen molar-refractivity contribution < 1.29 is 14.5 Å². The molecule has 0 aliphatic rings. The highest BCUT2D eigenvalue weighted by molar-refractivity contribution is 5.76. The fraction of sp³-hybridized carbons (Fsp3) is 0.500.